The maximum Gasteiger partial charge on any atom is 0.265 e. The molecule has 0 atom stereocenters. The Morgan fingerprint density at radius 3 is 2.04 bits per heavy atom. The van der Waals surface area contributed by atoms with E-state index in [1.54, 1.807) is 11.6 Å². The lowest BCUT2D eigenvalue weighted by Gasteiger charge is -2.15. The van der Waals surface area contributed by atoms with Crippen molar-refractivity contribution < 1.29 is 22.6 Å². The lowest BCUT2D eigenvalue weighted by molar-refractivity contribution is 0.325. The zero-order valence-electron chi connectivity index (χ0n) is 15.2. The average molecular weight is 369 g/mol. The predicted molar refractivity (Wildman–Crippen MR) is 94.3 cm³/mol. The summed E-state index contributed by atoms with van der Waals surface area (Å²) in [6.45, 7) is 5.51. The average Bonchev–Trinajstić information content (AvgIpc) is 2.96. The molecule has 0 saturated heterocycles. The smallest absolute Gasteiger partial charge is 0.265 e. The molecule has 1 N–H and O–H groups in total. The Morgan fingerprint density at radius 1 is 1.08 bits per heavy atom. The second-order valence-electron chi connectivity index (χ2n) is 5.67. The molecule has 0 spiro atoms. The quantitative estimate of drug-likeness (QED) is 0.807. The van der Waals surface area contributed by atoms with E-state index in [1.807, 2.05) is 13.8 Å². The van der Waals surface area contributed by atoms with Gasteiger partial charge in [-0.25, -0.2) is 8.42 Å². The van der Waals surface area contributed by atoms with E-state index >= 15 is 0 Å². The third-order valence-corrected chi connectivity index (χ3v) is 5.09. The van der Waals surface area contributed by atoms with Crippen molar-refractivity contribution in [3.05, 3.63) is 24.0 Å². The molecule has 25 heavy (non-hydrogen) atoms. The molecule has 0 amide bonds. The van der Waals surface area contributed by atoms with Crippen LogP contribution < -0.4 is 18.9 Å². The topological polar surface area (TPSA) is 91.7 Å². The maximum absolute atomic E-state index is 12.7. The molecule has 0 aliphatic heterocycles. The van der Waals surface area contributed by atoms with E-state index in [1.165, 1.54) is 39.7 Å². The van der Waals surface area contributed by atoms with Gasteiger partial charge in [0.15, 0.2) is 11.5 Å². The molecule has 0 radical (unpaired) electrons. The fourth-order valence-corrected chi connectivity index (χ4v) is 3.56. The van der Waals surface area contributed by atoms with Gasteiger partial charge in [0.25, 0.3) is 10.0 Å². The van der Waals surface area contributed by atoms with Crippen LogP contribution in [-0.4, -0.2) is 39.5 Å². The molecule has 1 aromatic carbocycles. The Balaban J connectivity index is 2.44. The summed E-state index contributed by atoms with van der Waals surface area (Å²) in [5.41, 5.74) is 0.722. The van der Waals surface area contributed by atoms with Gasteiger partial charge < -0.3 is 14.2 Å². The first kappa shape index (κ1) is 18.9. The molecule has 0 unspecified atom stereocenters. The summed E-state index contributed by atoms with van der Waals surface area (Å²) >= 11 is 0. The number of hydrogen-bond acceptors (Lipinski definition) is 6. The summed E-state index contributed by atoms with van der Waals surface area (Å²) < 4.78 is 45.3. The van der Waals surface area contributed by atoms with Gasteiger partial charge in [-0.05, 0) is 20.8 Å². The lowest BCUT2D eigenvalue weighted by Crippen LogP contribution is -2.14. The van der Waals surface area contributed by atoms with Crippen LogP contribution >= 0.6 is 0 Å². The number of benzene rings is 1. The molecule has 8 nitrogen and oxygen atoms in total. The highest BCUT2D eigenvalue weighted by atomic mass is 32.2. The maximum atomic E-state index is 12.7. The minimum atomic E-state index is -3.81. The number of anilines is 1. The van der Waals surface area contributed by atoms with Gasteiger partial charge in [0, 0.05) is 24.4 Å². The number of methoxy groups -OCH3 is 3. The molecular formula is C16H23N3O5S. The third kappa shape index (κ3) is 3.81. The van der Waals surface area contributed by atoms with Crippen LogP contribution in [0.15, 0.2) is 23.2 Å². The van der Waals surface area contributed by atoms with E-state index in [0.717, 1.165) is 0 Å². The molecular weight excluding hydrogens is 346 g/mol. The van der Waals surface area contributed by atoms with Crippen LogP contribution in [0.3, 0.4) is 0 Å². The van der Waals surface area contributed by atoms with Gasteiger partial charge in [0.1, 0.15) is 4.90 Å². The monoisotopic (exact) mass is 369 g/mol. The first-order chi connectivity index (χ1) is 11.7. The van der Waals surface area contributed by atoms with Crippen molar-refractivity contribution in [2.45, 2.75) is 31.7 Å². The zero-order chi connectivity index (χ0) is 18.8. The molecule has 9 heteroatoms. The summed E-state index contributed by atoms with van der Waals surface area (Å²) in [6.07, 6.45) is 1.51. The highest BCUT2D eigenvalue weighted by Crippen LogP contribution is 2.40. The van der Waals surface area contributed by atoms with Gasteiger partial charge in [-0.1, -0.05) is 0 Å². The van der Waals surface area contributed by atoms with E-state index in [-0.39, 0.29) is 10.9 Å². The second kappa shape index (κ2) is 7.22. The normalized spacial score (nSPS) is 11.5. The van der Waals surface area contributed by atoms with Gasteiger partial charge in [0.05, 0.1) is 32.7 Å². The minimum Gasteiger partial charge on any atom is -0.493 e. The lowest BCUT2D eigenvalue weighted by atomic mass is 10.2. The summed E-state index contributed by atoms with van der Waals surface area (Å²) in [5.74, 6) is 1.10. The van der Waals surface area contributed by atoms with E-state index in [2.05, 4.69) is 9.82 Å². The van der Waals surface area contributed by atoms with E-state index in [0.29, 0.717) is 28.6 Å². The summed E-state index contributed by atoms with van der Waals surface area (Å²) in [7, 11) is 0.598. The Hall–Kier alpha value is -2.42. The number of ether oxygens (including phenoxy) is 3. The molecule has 0 bridgehead atoms. The molecule has 2 aromatic rings. The summed E-state index contributed by atoms with van der Waals surface area (Å²) in [6, 6.07) is 3.12. The number of rotatable bonds is 7. The SMILES string of the molecule is COc1cc(NS(=O)(=O)c2cn(C(C)C)nc2C)cc(OC)c1OC. The fraction of sp³-hybridized carbons (Fsp3) is 0.438. The van der Waals surface area contributed by atoms with Crippen molar-refractivity contribution in [2.75, 3.05) is 26.1 Å². The van der Waals surface area contributed by atoms with Crippen molar-refractivity contribution in [1.29, 1.82) is 0 Å². The third-order valence-electron chi connectivity index (χ3n) is 3.61. The minimum absolute atomic E-state index is 0.0591. The Kier molecular flexibility index (Phi) is 5.46. The van der Waals surface area contributed by atoms with Crippen LogP contribution in [0.2, 0.25) is 0 Å². The van der Waals surface area contributed by atoms with Crippen LogP contribution in [0.25, 0.3) is 0 Å². The molecule has 0 saturated carbocycles. The molecule has 0 fully saturated rings. The van der Waals surface area contributed by atoms with E-state index in [9.17, 15) is 8.42 Å². The number of nitrogens with one attached hydrogen (secondary N) is 1. The van der Waals surface area contributed by atoms with Crippen molar-refractivity contribution in [3.63, 3.8) is 0 Å². The highest BCUT2D eigenvalue weighted by Gasteiger charge is 2.23. The Labute approximate surface area is 147 Å². The van der Waals surface area contributed by atoms with Crippen molar-refractivity contribution >= 4 is 15.7 Å². The first-order valence-electron chi connectivity index (χ1n) is 7.62. The molecule has 1 aromatic heterocycles. The number of hydrogen-bond donors (Lipinski definition) is 1. The largest absolute Gasteiger partial charge is 0.493 e. The Morgan fingerprint density at radius 2 is 1.64 bits per heavy atom. The van der Waals surface area contributed by atoms with Crippen LogP contribution in [-0.2, 0) is 10.0 Å². The van der Waals surface area contributed by atoms with Crippen molar-refractivity contribution in [2.24, 2.45) is 0 Å². The van der Waals surface area contributed by atoms with E-state index < -0.39 is 10.0 Å². The van der Waals surface area contributed by atoms with Gasteiger partial charge >= 0.3 is 0 Å². The van der Waals surface area contributed by atoms with Gasteiger partial charge in [-0.3, -0.25) is 9.40 Å². The van der Waals surface area contributed by atoms with Crippen LogP contribution in [0.4, 0.5) is 5.69 Å². The zero-order valence-corrected chi connectivity index (χ0v) is 16.0. The summed E-state index contributed by atoms with van der Waals surface area (Å²) in [4.78, 5) is 0.120. The van der Waals surface area contributed by atoms with E-state index in [4.69, 9.17) is 14.2 Å². The number of nitrogens with zero attached hydrogens (tertiary/aromatic N) is 2. The number of sulfonamides is 1. The number of aromatic nitrogens is 2. The molecule has 0 aliphatic rings. The summed E-state index contributed by atoms with van der Waals surface area (Å²) in [5, 5.41) is 4.24. The van der Waals surface area contributed by atoms with Gasteiger partial charge in [-0.2, -0.15) is 5.10 Å². The van der Waals surface area contributed by atoms with Gasteiger partial charge in [-0.15, -0.1) is 0 Å². The predicted octanol–water partition coefficient (Wildman–Crippen LogP) is 2.60. The van der Waals surface area contributed by atoms with Crippen molar-refractivity contribution in [3.8, 4) is 17.2 Å². The van der Waals surface area contributed by atoms with Crippen LogP contribution in [0.5, 0.6) is 17.2 Å². The fourth-order valence-electron chi connectivity index (χ4n) is 2.34. The highest BCUT2D eigenvalue weighted by molar-refractivity contribution is 7.92. The number of aryl methyl sites for hydroxylation is 1. The van der Waals surface area contributed by atoms with Gasteiger partial charge in [0.2, 0.25) is 5.75 Å². The Bertz CT molecular complexity index is 834. The molecule has 2 rings (SSSR count). The second-order valence-corrected chi connectivity index (χ2v) is 7.32. The first-order valence-corrected chi connectivity index (χ1v) is 9.10. The molecule has 1 heterocycles. The van der Waals surface area contributed by atoms with Crippen LogP contribution in [0.1, 0.15) is 25.6 Å². The molecule has 0 aliphatic carbocycles. The van der Waals surface area contributed by atoms with Crippen molar-refractivity contribution in [1.82, 2.24) is 9.78 Å². The van der Waals surface area contributed by atoms with Crippen LogP contribution in [0, 0.1) is 6.92 Å². The molecule has 138 valence electrons. The standard InChI is InChI=1S/C16H23N3O5S/c1-10(2)19-9-15(11(3)17-19)25(20,21)18-12-7-13(22-4)16(24-6)14(8-12)23-5/h7-10,18H,1-6H3.